The van der Waals surface area contributed by atoms with Crippen molar-refractivity contribution in [3.8, 4) is 0 Å². The molecular formula is C14H21Cl2N3O. The molecule has 4 nitrogen and oxygen atoms in total. The van der Waals surface area contributed by atoms with Crippen molar-refractivity contribution in [2.45, 2.75) is 13.3 Å². The molecule has 1 aliphatic heterocycles. The minimum absolute atomic E-state index is 0. The van der Waals surface area contributed by atoms with Crippen molar-refractivity contribution in [2.75, 3.05) is 31.5 Å². The van der Waals surface area contributed by atoms with E-state index in [1.54, 1.807) is 12.1 Å². The maximum Gasteiger partial charge on any atom is 0.238 e. The molecule has 0 radical (unpaired) electrons. The summed E-state index contributed by atoms with van der Waals surface area (Å²) < 4.78 is 0. The molecule has 112 valence electrons. The van der Waals surface area contributed by atoms with Crippen LogP contribution in [0.1, 0.15) is 13.3 Å². The fourth-order valence-electron chi connectivity index (χ4n) is 2.38. The lowest BCUT2D eigenvalue weighted by Crippen LogP contribution is -2.35. The topological polar surface area (TPSA) is 58.4 Å². The molecule has 1 aromatic carbocycles. The first-order valence-corrected chi connectivity index (χ1v) is 6.87. The average molecular weight is 318 g/mol. The Morgan fingerprint density at radius 3 is 2.80 bits per heavy atom. The van der Waals surface area contributed by atoms with Crippen LogP contribution in [0.5, 0.6) is 0 Å². The van der Waals surface area contributed by atoms with Gasteiger partial charge in [-0.25, -0.2) is 0 Å². The number of amides is 1. The highest BCUT2D eigenvalue weighted by Crippen LogP contribution is 2.28. The van der Waals surface area contributed by atoms with Gasteiger partial charge in [0.1, 0.15) is 0 Å². The molecule has 20 heavy (non-hydrogen) atoms. The molecule has 1 heterocycles. The first-order valence-electron chi connectivity index (χ1n) is 6.49. The molecule has 6 heteroatoms. The van der Waals surface area contributed by atoms with Crippen molar-refractivity contribution in [2.24, 2.45) is 11.1 Å². The Labute approximate surface area is 131 Å². The smallest absolute Gasteiger partial charge is 0.238 e. The summed E-state index contributed by atoms with van der Waals surface area (Å²) >= 11 is 6.01. The van der Waals surface area contributed by atoms with Crippen LogP contribution in [0.3, 0.4) is 0 Å². The van der Waals surface area contributed by atoms with Crippen LogP contribution >= 0.6 is 24.0 Å². The Balaban J connectivity index is 0.00000200. The van der Waals surface area contributed by atoms with Gasteiger partial charge < -0.3 is 11.1 Å². The molecule has 1 aromatic rings. The second-order valence-electron chi connectivity index (χ2n) is 5.50. The summed E-state index contributed by atoms with van der Waals surface area (Å²) in [5.74, 6) is -0.0330. The Bertz CT molecular complexity index is 469. The highest BCUT2D eigenvalue weighted by Gasteiger charge is 2.33. The minimum atomic E-state index is -0.0330. The van der Waals surface area contributed by atoms with Crippen molar-refractivity contribution in [3.05, 3.63) is 29.3 Å². The summed E-state index contributed by atoms with van der Waals surface area (Å²) in [6.45, 7) is 5.01. The zero-order valence-corrected chi connectivity index (χ0v) is 13.1. The predicted octanol–water partition coefficient (Wildman–Crippen LogP) is 2.37. The van der Waals surface area contributed by atoms with Crippen molar-refractivity contribution in [3.63, 3.8) is 0 Å². The molecule has 0 aromatic heterocycles. The van der Waals surface area contributed by atoms with E-state index < -0.39 is 0 Å². The Hall–Kier alpha value is -0.810. The number of nitrogens with zero attached hydrogens (tertiary/aromatic N) is 1. The van der Waals surface area contributed by atoms with Crippen LogP contribution in [0.2, 0.25) is 5.02 Å². The highest BCUT2D eigenvalue weighted by molar-refractivity contribution is 6.33. The summed E-state index contributed by atoms with van der Waals surface area (Å²) in [4.78, 5) is 14.1. The average Bonchev–Trinajstić information content (AvgIpc) is 2.74. The van der Waals surface area contributed by atoms with E-state index in [9.17, 15) is 4.79 Å². The third-order valence-electron chi connectivity index (χ3n) is 3.64. The van der Waals surface area contributed by atoms with Crippen LogP contribution in [0.15, 0.2) is 24.3 Å². The Morgan fingerprint density at radius 2 is 2.20 bits per heavy atom. The van der Waals surface area contributed by atoms with Gasteiger partial charge in [0.2, 0.25) is 5.91 Å². The lowest BCUT2D eigenvalue weighted by molar-refractivity contribution is -0.117. The highest BCUT2D eigenvalue weighted by atomic mass is 35.5. The molecule has 3 N–H and O–H groups in total. The van der Waals surface area contributed by atoms with E-state index in [4.69, 9.17) is 17.3 Å². The van der Waals surface area contributed by atoms with Crippen LogP contribution in [0, 0.1) is 5.41 Å². The molecule has 1 atom stereocenters. The summed E-state index contributed by atoms with van der Waals surface area (Å²) in [5.41, 5.74) is 6.57. The molecule has 0 spiro atoms. The summed E-state index contributed by atoms with van der Waals surface area (Å²) in [5, 5.41) is 3.40. The van der Waals surface area contributed by atoms with Crippen molar-refractivity contribution >= 4 is 35.6 Å². The number of hydrogen-bond acceptors (Lipinski definition) is 3. The number of carbonyl (C=O) groups is 1. The monoisotopic (exact) mass is 317 g/mol. The molecule has 2 rings (SSSR count). The Kier molecular flexibility index (Phi) is 6.27. The van der Waals surface area contributed by atoms with Gasteiger partial charge in [-0.15, -0.1) is 12.4 Å². The fourth-order valence-corrected chi connectivity index (χ4v) is 2.57. The number of carbonyl (C=O) groups excluding carboxylic acids is 1. The van der Waals surface area contributed by atoms with Gasteiger partial charge >= 0.3 is 0 Å². The molecule has 1 unspecified atom stereocenters. The zero-order chi connectivity index (χ0) is 13.9. The molecule has 1 saturated heterocycles. The maximum atomic E-state index is 12.0. The largest absolute Gasteiger partial charge is 0.330 e. The predicted molar refractivity (Wildman–Crippen MR) is 85.5 cm³/mol. The summed E-state index contributed by atoms with van der Waals surface area (Å²) in [6, 6.07) is 7.25. The molecule has 1 aliphatic rings. The van der Waals surface area contributed by atoms with Crippen LogP contribution in [-0.2, 0) is 4.79 Å². The van der Waals surface area contributed by atoms with Crippen LogP contribution < -0.4 is 11.1 Å². The molecule has 1 amide bonds. The number of hydrogen-bond donors (Lipinski definition) is 2. The van der Waals surface area contributed by atoms with E-state index >= 15 is 0 Å². The van der Waals surface area contributed by atoms with Gasteiger partial charge in [-0.3, -0.25) is 9.69 Å². The summed E-state index contributed by atoms with van der Waals surface area (Å²) in [6.07, 6.45) is 1.04. The number of para-hydroxylation sites is 1. The number of likely N-dealkylation sites (tertiary alicyclic amines) is 1. The quantitative estimate of drug-likeness (QED) is 0.896. The van der Waals surface area contributed by atoms with Gasteiger partial charge in [0.25, 0.3) is 0 Å². The lowest BCUT2D eigenvalue weighted by Gasteiger charge is -2.22. The second-order valence-corrected chi connectivity index (χ2v) is 5.91. The maximum absolute atomic E-state index is 12.0. The SMILES string of the molecule is CC1(CN)CCN(CC(=O)Nc2ccccc2Cl)C1.Cl. The number of halogens is 2. The van der Waals surface area contributed by atoms with Gasteiger partial charge in [-0.2, -0.15) is 0 Å². The van der Waals surface area contributed by atoms with E-state index in [0.717, 1.165) is 19.5 Å². The first-order chi connectivity index (χ1) is 9.02. The van der Waals surface area contributed by atoms with Gasteiger partial charge in [0.05, 0.1) is 17.3 Å². The number of nitrogens with two attached hydrogens (primary N) is 1. The number of rotatable bonds is 4. The second kappa shape index (κ2) is 7.27. The fraction of sp³-hybridized carbons (Fsp3) is 0.500. The number of anilines is 1. The van der Waals surface area contributed by atoms with Crippen LogP contribution in [0.4, 0.5) is 5.69 Å². The number of benzene rings is 1. The van der Waals surface area contributed by atoms with E-state index in [0.29, 0.717) is 23.8 Å². The van der Waals surface area contributed by atoms with Gasteiger partial charge in [-0.1, -0.05) is 30.7 Å². The van der Waals surface area contributed by atoms with Gasteiger partial charge in [0, 0.05) is 6.54 Å². The summed E-state index contributed by atoms with van der Waals surface area (Å²) in [7, 11) is 0. The van der Waals surface area contributed by atoms with E-state index in [1.807, 2.05) is 12.1 Å². The standard InChI is InChI=1S/C14H20ClN3O.ClH/c1-14(9-16)6-7-18(10-14)8-13(19)17-12-5-3-2-4-11(12)15;/h2-5H,6-10,16H2,1H3,(H,17,19);1H. The van der Waals surface area contributed by atoms with E-state index in [2.05, 4.69) is 17.1 Å². The normalized spacial score (nSPS) is 22.4. The molecule has 0 bridgehead atoms. The lowest BCUT2D eigenvalue weighted by atomic mass is 9.90. The van der Waals surface area contributed by atoms with Crippen molar-refractivity contribution in [1.82, 2.24) is 4.90 Å². The molecule has 0 saturated carbocycles. The third kappa shape index (κ3) is 4.35. The molecule has 0 aliphatic carbocycles. The Morgan fingerprint density at radius 1 is 1.50 bits per heavy atom. The third-order valence-corrected chi connectivity index (χ3v) is 3.97. The molecular weight excluding hydrogens is 297 g/mol. The first kappa shape index (κ1) is 17.2. The zero-order valence-electron chi connectivity index (χ0n) is 11.6. The van der Waals surface area contributed by atoms with Crippen molar-refractivity contribution in [1.29, 1.82) is 0 Å². The number of nitrogens with one attached hydrogen (secondary N) is 1. The van der Waals surface area contributed by atoms with Crippen LogP contribution in [0.25, 0.3) is 0 Å². The van der Waals surface area contributed by atoms with E-state index in [1.165, 1.54) is 0 Å². The molecule has 1 fully saturated rings. The van der Waals surface area contributed by atoms with Crippen molar-refractivity contribution < 1.29 is 4.79 Å². The van der Waals surface area contributed by atoms with E-state index in [-0.39, 0.29) is 23.7 Å². The van der Waals surface area contributed by atoms with Gasteiger partial charge in [-0.05, 0) is 37.1 Å². The van der Waals surface area contributed by atoms with Gasteiger partial charge in [0.15, 0.2) is 0 Å². The minimum Gasteiger partial charge on any atom is -0.330 e. The van der Waals surface area contributed by atoms with Crippen LogP contribution in [-0.4, -0.2) is 37.0 Å².